The van der Waals surface area contributed by atoms with Gasteiger partial charge in [-0.25, -0.2) is 0 Å². The van der Waals surface area contributed by atoms with E-state index in [1.807, 2.05) is 0 Å². The molecule has 1 rings (SSSR count). The first kappa shape index (κ1) is 13.6. The van der Waals surface area contributed by atoms with Gasteiger partial charge in [-0.15, -0.1) is 0 Å². The van der Waals surface area contributed by atoms with Crippen LogP contribution in [-0.4, -0.2) is 28.0 Å². The van der Waals surface area contributed by atoms with Gasteiger partial charge in [-0.3, -0.25) is 14.9 Å². The van der Waals surface area contributed by atoms with Gasteiger partial charge in [0, 0.05) is 22.6 Å². The molecular formula is C10H10N4O4. The number of hydrogen-bond donors (Lipinski definition) is 1. The molecule has 0 heterocycles. The van der Waals surface area contributed by atoms with E-state index in [1.165, 1.54) is 31.2 Å². The van der Waals surface area contributed by atoms with Gasteiger partial charge in [0.25, 0.3) is 5.69 Å². The first-order valence-corrected chi connectivity index (χ1v) is 4.98. The fourth-order valence-electron chi connectivity index (χ4n) is 1.34. The van der Waals surface area contributed by atoms with Gasteiger partial charge in [-0.05, 0) is 24.6 Å². The maximum atomic E-state index is 11.9. The highest BCUT2D eigenvalue weighted by Gasteiger charge is 2.23. The molecule has 94 valence electrons. The fourth-order valence-corrected chi connectivity index (χ4v) is 1.34. The summed E-state index contributed by atoms with van der Waals surface area (Å²) < 4.78 is 0. The lowest BCUT2D eigenvalue weighted by atomic mass is 10.0. The zero-order valence-corrected chi connectivity index (χ0v) is 9.42. The molecule has 0 aromatic heterocycles. The van der Waals surface area contributed by atoms with E-state index in [9.17, 15) is 20.0 Å². The first-order chi connectivity index (χ1) is 8.47. The van der Waals surface area contributed by atoms with Crippen LogP contribution in [0.25, 0.3) is 10.4 Å². The quantitative estimate of drug-likeness (QED) is 0.213. The highest BCUT2D eigenvalue weighted by Crippen LogP contribution is 2.15. The van der Waals surface area contributed by atoms with Gasteiger partial charge in [0.05, 0.1) is 11.0 Å². The normalized spacial score (nSPS) is 13.2. The van der Waals surface area contributed by atoms with E-state index in [0.717, 1.165) is 0 Å². The first-order valence-electron chi connectivity index (χ1n) is 4.98. The van der Waals surface area contributed by atoms with Crippen LogP contribution in [0, 0.1) is 10.1 Å². The van der Waals surface area contributed by atoms with Crippen molar-refractivity contribution in [2.24, 2.45) is 5.11 Å². The summed E-state index contributed by atoms with van der Waals surface area (Å²) in [6, 6.07) is 3.60. The summed E-state index contributed by atoms with van der Waals surface area (Å²) in [6.45, 7) is 1.32. The van der Waals surface area contributed by atoms with Crippen molar-refractivity contribution < 1.29 is 14.8 Å². The molecule has 0 aliphatic heterocycles. The van der Waals surface area contributed by atoms with E-state index in [-0.39, 0.29) is 11.3 Å². The number of Topliss-reactive ketones (excluding diaryl/α,β-unsaturated/α-hetero) is 1. The third-order valence-electron chi connectivity index (χ3n) is 2.26. The second kappa shape index (κ2) is 5.76. The van der Waals surface area contributed by atoms with Gasteiger partial charge in [0.1, 0.15) is 6.04 Å². The van der Waals surface area contributed by atoms with Crippen molar-refractivity contribution in [1.29, 1.82) is 0 Å². The van der Waals surface area contributed by atoms with E-state index in [1.54, 1.807) is 0 Å². The average Bonchev–Trinajstić information content (AvgIpc) is 2.35. The number of carbonyl (C=O) groups excluding carboxylic acids is 1. The summed E-state index contributed by atoms with van der Waals surface area (Å²) in [7, 11) is 0. The Hall–Kier alpha value is -2.44. The number of benzene rings is 1. The molecule has 1 aromatic rings. The molecule has 0 amide bonds. The molecule has 0 aliphatic carbocycles. The molecular weight excluding hydrogens is 240 g/mol. The summed E-state index contributed by atoms with van der Waals surface area (Å²) >= 11 is 0. The zero-order chi connectivity index (χ0) is 13.7. The number of carbonyl (C=O) groups is 1. The number of aliphatic hydroxyl groups excluding tert-OH is 1. The van der Waals surface area contributed by atoms with E-state index >= 15 is 0 Å². The maximum absolute atomic E-state index is 11.9. The molecule has 0 fully saturated rings. The molecule has 0 aliphatic rings. The SMILES string of the molecule is C[C@@H](O)[C@@H](N=[N+]=[N-])C(=O)c1ccc([N+](=O)[O-])cc1. The summed E-state index contributed by atoms with van der Waals surface area (Å²) in [5, 5.41) is 23.0. The van der Waals surface area contributed by atoms with E-state index < -0.39 is 22.9 Å². The molecule has 8 nitrogen and oxygen atoms in total. The molecule has 2 atom stereocenters. The van der Waals surface area contributed by atoms with Crippen LogP contribution in [0.15, 0.2) is 29.4 Å². The number of rotatable bonds is 5. The third-order valence-corrected chi connectivity index (χ3v) is 2.26. The summed E-state index contributed by atoms with van der Waals surface area (Å²) in [6.07, 6.45) is -1.14. The van der Waals surface area contributed by atoms with E-state index in [2.05, 4.69) is 10.0 Å². The number of non-ortho nitro benzene ring substituents is 1. The topological polar surface area (TPSA) is 129 Å². The number of nitro groups is 1. The van der Waals surface area contributed by atoms with Crippen LogP contribution in [0.2, 0.25) is 0 Å². The summed E-state index contributed by atoms with van der Waals surface area (Å²) in [5.74, 6) is -0.585. The van der Waals surface area contributed by atoms with Gasteiger partial charge in [0.2, 0.25) is 0 Å². The Morgan fingerprint density at radius 3 is 2.44 bits per heavy atom. The second-order valence-electron chi connectivity index (χ2n) is 3.56. The van der Waals surface area contributed by atoms with Gasteiger partial charge < -0.3 is 5.11 Å². The van der Waals surface area contributed by atoms with Crippen molar-refractivity contribution >= 4 is 11.5 Å². The van der Waals surface area contributed by atoms with Crippen molar-refractivity contribution in [3.05, 3.63) is 50.4 Å². The minimum atomic E-state index is -1.24. The van der Waals surface area contributed by atoms with Gasteiger partial charge in [-0.2, -0.15) is 0 Å². The molecule has 0 radical (unpaired) electrons. The summed E-state index contributed by atoms with van der Waals surface area (Å²) in [4.78, 5) is 24.2. The average molecular weight is 250 g/mol. The predicted octanol–water partition coefficient (Wildman–Crippen LogP) is 1.84. The molecule has 0 unspecified atom stereocenters. The standard InChI is InChI=1S/C10H10N4O4/c1-6(15)9(12-13-11)10(16)7-2-4-8(5-3-7)14(17)18/h2-6,9,15H,1H3/t6-,9-/m1/s1. The van der Waals surface area contributed by atoms with Gasteiger partial charge >= 0.3 is 0 Å². The highest BCUT2D eigenvalue weighted by molar-refractivity contribution is 6.00. The number of nitro benzene ring substituents is 1. The van der Waals surface area contributed by atoms with Crippen molar-refractivity contribution in [2.45, 2.75) is 19.1 Å². The van der Waals surface area contributed by atoms with Crippen molar-refractivity contribution in [1.82, 2.24) is 0 Å². The Morgan fingerprint density at radius 1 is 1.50 bits per heavy atom. The number of nitrogens with zero attached hydrogens (tertiary/aromatic N) is 4. The molecule has 1 N–H and O–H groups in total. The largest absolute Gasteiger partial charge is 0.393 e. The Morgan fingerprint density at radius 2 is 2.06 bits per heavy atom. The van der Waals surface area contributed by atoms with Crippen molar-refractivity contribution in [3.8, 4) is 0 Å². The summed E-state index contributed by atoms with van der Waals surface area (Å²) in [5.41, 5.74) is 8.29. The lowest BCUT2D eigenvalue weighted by molar-refractivity contribution is -0.384. The van der Waals surface area contributed by atoms with E-state index in [4.69, 9.17) is 5.53 Å². The lowest BCUT2D eigenvalue weighted by Crippen LogP contribution is -2.29. The van der Waals surface area contributed by atoms with Gasteiger partial charge in [0.15, 0.2) is 5.78 Å². The van der Waals surface area contributed by atoms with Crippen LogP contribution in [0.5, 0.6) is 0 Å². The molecule has 1 aromatic carbocycles. The minimum Gasteiger partial charge on any atom is -0.393 e. The van der Waals surface area contributed by atoms with Gasteiger partial charge in [-0.1, -0.05) is 5.11 Å². The Balaban J connectivity index is 3.02. The Kier molecular flexibility index (Phi) is 4.36. The lowest BCUT2D eigenvalue weighted by Gasteiger charge is -2.12. The fraction of sp³-hybridized carbons (Fsp3) is 0.300. The minimum absolute atomic E-state index is 0.138. The number of hydrogen-bond acceptors (Lipinski definition) is 5. The predicted molar refractivity (Wildman–Crippen MR) is 62.0 cm³/mol. The van der Waals surface area contributed by atoms with Crippen LogP contribution in [0.4, 0.5) is 5.69 Å². The number of ketones is 1. The molecule has 0 saturated carbocycles. The smallest absolute Gasteiger partial charge is 0.269 e. The van der Waals surface area contributed by atoms with Crippen LogP contribution in [-0.2, 0) is 0 Å². The molecule has 8 heteroatoms. The zero-order valence-electron chi connectivity index (χ0n) is 9.42. The third kappa shape index (κ3) is 3.03. The Bertz CT molecular complexity index is 505. The van der Waals surface area contributed by atoms with Crippen LogP contribution < -0.4 is 0 Å². The monoisotopic (exact) mass is 250 g/mol. The molecule has 0 saturated heterocycles. The van der Waals surface area contributed by atoms with Crippen LogP contribution in [0.1, 0.15) is 17.3 Å². The van der Waals surface area contributed by atoms with Crippen molar-refractivity contribution in [2.75, 3.05) is 0 Å². The van der Waals surface area contributed by atoms with Crippen LogP contribution in [0.3, 0.4) is 0 Å². The second-order valence-corrected chi connectivity index (χ2v) is 3.56. The van der Waals surface area contributed by atoms with Crippen molar-refractivity contribution in [3.63, 3.8) is 0 Å². The maximum Gasteiger partial charge on any atom is 0.269 e. The number of azide groups is 1. The Labute approximate surface area is 102 Å². The van der Waals surface area contributed by atoms with Crippen LogP contribution >= 0.6 is 0 Å². The number of aliphatic hydroxyl groups is 1. The molecule has 0 bridgehead atoms. The van der Waals surface area contributed by atoms with E-state index in [0.29, 0.717) is 0 Å². The molecule has 18 heavy (non-hydrogen) atoms. The molecule has 0 spiro atoms. The highest BCUT2D eigenvalue weighted by atomic mass is 16.6.